The molecule has 0 saturated carbocycles. The Labute approximate surface area is 133 Å². The van der Waals surface area contributed by atoms with Gasteiger partial charge < -0.3 is 15.4 Å². The molecule has 0 aromatic heterocycles. The molecule has 1 aliphatic heterocycles. The number of halogens is 1. The van der Waals surface area contributed by atoms with Crippen molar-refractivity contribution in [1.29, 1.82) is 0 Å². The number of hydrogen-bond donors (Lipinski definition) is 1. The molecule has 0 aliphatic carbocycles. The molecule has 2 N–H and O–H groups in total. The van der Waals surface area contributed by atoms with Gasteiger partial charge in [-0.05, 0) is 43.2 Å². The Morgan fingerprint density at radius 1 is 1.24 bits per heavy atom. The first-order valence-electron chi connectivity index (χ1n) is 7.21. The first kappa shape index (κ1) is 14.4. The van der Waals surface area contributed by atoms with Crippen molar-refractivity contribution in [1.82, 2.24) is 0 Å². The lowest BCUT2D eigenvalue weighted by Gasteiger charge is -2.25. The van der Waals surface area contributed by atoms with E-state index < -0.39 is 0 Å². The van der Waals surface area contributed by atoms with E-state index in [1.54, 1.807) is 0 Å². The molecule has 21 heavy (non-hydrogen) atoms. The van der Waals surface area contributed by atoms with Crippen molar-refractivity contribution in [2.45, 2.75) is 19.4 Å². The summed E-state index contributed by atoms with van der Waals surface area (Å²) in [5.41, 5.74) is 9.38. The molecular weight excluding hydrogens is 328 g/mol. The Morgan fingerprint density at radius 2 is 2.05 bits per heavy atom. The summed E-state index contributed by atoms with van der Waals surface area (Å²) in [6.07, 6.45) is 1.00. The fraction of sp³-hybridized carbons (Fsp3) is 0.294. The van der Waals surface area contributed by atoms with Crippen LogP contribution in [0.2, 0.25) is 0 Å². The number of nitrogens with zero attached hydrogens (tertiary/aromatic N) is 1. The Bertz CT molecular complexity index is 642. The van der Waals surface area contributed by atoms with Crippen LogP contribution in [0.5, 0.6) is 5.75 Å². The zero-order valence-electron chi connectivity index (χ0n) is 12.1. The van der Waals surface area contributed by atoms with Crippen LogP contribution in [0, 0.1) is 0 Å². The minimum atomic E-state index is 0.0215. The van der Waals surface area contributed by atoms with E-state index in [0.29, 0.717) is 0 Å². The molecule has 0 unspecified atom stereocenters. The summed E-state index contributed by atoms with van der Waals surface area (Å²) in [5, 5.41) is 0. The molecule has 2 aromatic rings. The van der Waals surface area contributed by atoms with Crippen molar-refractivity contribution in [2.24, 2.45) is 5.73 Å². The molecule has 0 fully saturated rings. The van der Waals surface area contributed by atoms with Crippen LogP contribution in [-0.4, -0.2) is 13.2 Å². The van der Waals surface area contributed by atoms with Gasteiger partial charge in [-0.2, -0.15) is 0 Å². The first-order valence-corrected chi connectivity index (χ1v) is 8.00. The second-order valence-electron chi connectivity index (χ2n) is 5.32. The number of fused-ring (bicyclic) bond motifs is 1. The van der Waals surface area contributed by atoms with E-state index in [4.69, 9.17) is 10.5 Å². The SMILES string of the molecule is C[C@H](N)c1ccc(N2CCCOc3ccccc32)cc1Br. The lowest BCUT2D eigenvalue weighted by atomic mass is 10.1. The highest BCUT2D eigenvalue weighted by Gasteiger charge is 2.18. The van der Waals surface area contributed by atoms with Gasteiger partial charge in [0.15, 0.2) is 0 Å². The van der Waals surface area contributed by atoms with Gasteiger partial charge in [-0.3, -0.25) is 0 Å². The Hall–Kier alpha value is -1.52. The number of rotatable bonds is 2. The monoisotopic (exact) mass is 346 g/mol. The summed E-state index contributed by atoms with van der Waals surface area (Å²) >= 11 is 3.64. The molecule has 4 heteroatoms. The smallest absolute Gasteiger partial charge is 0.142 e. The third-order valence-corrected chi connectivity index (χ3v) is 4.41. The summed E-state index contributed by atoms with van der Waals surface area (Å²) < 4.78 is 6.87. The maximum atomic E-state index is 5.98. The van der Waals surface area contributed by atoms with Crippen molar-refractivity contribution in [3.63, 3.8) is 0 Å². The molecule has 1 heterocycles. The van der Waals surface area contributed by atoms with E-state index in [1.807, 2.05) is 25.1 Å². The molecule has 1 atom stereocenters. The fourth-order valence-electron chi connectivity index (χ4n) is 2.65. The lowest BCUT2D eigenvalue weighted by Crippen LogP contribution is -2.18. The van der Waals surface area contributed by atoms with Crippen LogP contribution in [0.4, 0.5) is 11.4 Å². The van der Waals surface area contributed by atoms with Crippen LogP contribution in [-0.2, 0) is 0 Å². The summed E-state index contributed by atoms with van der Waals surface area (Å²) in [6.45, 7) is 3.70. The van der Waals surface area contributed by atoms with E-state index in [-0.39, 0.29) is 6.04 Å². The number of anilines is 2. The fourth-order valence-corrected chi connectivity index (χ4v) is 3.38. The maximum Gasteiger partial charge on any atom is 0.142 e. The summed E-state index contributed by atoms with van der Waals surface area (Å²) in [4.78, 5) is 2.30. The molecule has 0 spiro atoms. The van der Waals surface area contributed by atoms with Crippen LogP contribution in [0.1, 0.15) is 24.9 Å². The Morgan fingerprint density at radius 3 is 2.81 bits per heavy atom. The summed E-state index contributed by atoms with van der Waals surface area (Å²) in [5.74, 6) is 0.947. The zero-order valence-corrected chi connectivity index (χ0v) is 13.6. The number of benzene rings is 2. The number of hydrogen-bond acceptors (Lipinski definition) is 3. The third kappa shape index (κ3) is 2.92. The van der Waals surface area contributed by atoms with E-state index in [1.165, 1.54) is 0 Å². The van der Waals surface area contributed by atoms with Gasteiger partial charge >= 0.3 is 0 Å². The van der Waals surface area contributed by atoms with Gasteiger partial charge in [0.25, 0.3) is 0 Å². The average Bonchev–Trinajstić information content (AvgIpc) is 2.69. The molecule has 1 aliphatic rings. The molecule has 0 radical (unpaired) electrons. The number of ether oxygens (including phenoxy) is 1. The van der Waals surface area contributed by atoms with Gasteiger partial charge in [-0.15, -0.1) is 0 Å². The van der Waals surface area contributed by atoms with Crippen LogP contribution in [0.3, 0.4) is 0 Å². The molecule has 3 nitrogen and oxygen atoms in total. The molecule has 0 amide bonds. The van der Waals surface area contributed by atoms with E-state index in [2.05, 4.69) is 45.1 Å². The summed E-state index contributed by atoms with van der Waals surface area (Å²) in [6, 6.07) is 14.6. The lowest BCUT2D eigenvalue weighted by molar-refractivity contribution is 0.322. The van der Waals surface area contributed by atoms with E-state index >= 15 is 0 Å². The van der Waals surface area contributed by atoms with Crippen LogP contribution in [0.25, 0.3) is 0 Å². The molecule has 0 saturated heterocycles. The molecule has 3 rings (SSSR count). The topological polar surface area (TPSA) is 38.5 Å². The van der Waals surface area contributed by atoms with Crippen molar-refractivity contribution in [3.8, 4) is 5.75 Å². The van der Waals surface area contributed by atoms with Gasteiger partial charge in [-0.1, -0.05) is 34.1 Å². The first-order chi connectivity index (χ1) is 10.2. The second kappa shape index (κ2) is 6.08. The quantitative estimate of drug-likeness (QED) is 0.876. The van der Waals surface area contributed by atoms with Crippen LogP contribution in [0.15, 0.2) is 46.9 Å². The van der Waals surface area contributed by atoms with Gasteiger partial charge in [0.2, 0.25) is 0 Å². The predicted octanol–water partition coefficient (Wildman–Crippen LogP) is 4.39. The van der Waals surface area contributed by atoms with Gasteiger partial charge in [0.05, 0.1) is 12.3 Å². The Kier molecular flexibility index (Phi) is 4.17. The van der Waals surface area contributed by atoms with E-state index in [0.717, 1.165) is 46.7 Å². The Balaban J connectivity index is 2.02. The largest absolute Gasteiger partial charge is 0.491 e. The third-order valence-electron chi connectivity index (χ3n) is 3.73. The standard InChI is InChI=1S/C17H19BrN2O/c1-12(19)14-8-7-13(11-15(14)18)20-9-4-10-21-17-6-3-2-5-16(17)20/h2-3,5-8,11-12H,4,9-10,19H2,1H3/t12-/m0/s1. The van der Waals surface area contributed by atoms with Crippen LogP contribution >= 0.6 is 15.9 Å². The number of para-hydroxylation sites is 2. The normalized spacial score (nSPS) is 15.9. The van der Waals surface area contributed by atoms with Gasteiger partial charge in [-0.25, -0.2) is 0 Å². The van der Waals surface area contributed by atoms with Crippen LogP contribution < -0.4 is 15.4 Å². The van der Waals surface area contributed by atoms with Crippen molar-refractivity contribution in [2.75, 3.05) is 18.1 Å². The van der Waals surface area contributed by atoms with Crippen molar-refractivity contribution >= 4 is 27.3 Å². The van der Waals surface area contributed by atoms with Gasteiger partial charge in [0.1, 0.15) is 5.75 Å². The molecule has 2 aromatic carbocycles. The highest BCUT2D eigenvalue weighted by atomic mass is 79.9. The highest BCUT2D eigenvalue weighted by Crippen LogP contribution is 2.37. The van der Waals surface area contributed by atoms with Gasteiger partial charge in [0, 0.05) is 22.7 Å². The minimum Gasteiger partial charge on any atom is -0.491 e. The zero-order chi connectivity index (χ0) is 14.8. The molecule has 110 valence electrons. The summed E-state index contributed by atoms with van der Waals surface area (Å²) in [7, 11) is 0. The highest BCUT2D eigenvalue weighted by molar-refractivity contribution is 9.10. The maximum absolute atomic E-state index is 5.98. The molecular formula is C17H19BrN2O. The molecule has 0 bridgehead atoms. The van der Waals surface area contributed by atoms with E-state index in [9.17, 15) is 0 Å². The van der Waals surface area contributed by atoms with Crippen molar-refractivity contribution < 1.29 is 4.74 Å². The average molecular weight is 347 g/mol. The minimum absolute atomic E-state index is 0.0215. The second-order valence-corrected chi connectivity index (χ2v) is 6.17. The van der Waals surface area contributed by atoms with Crippen molar-refractivity contribution in [3.05, 3.63) is 52.5 Å². The predicted molar refractivity (Wildman–Crippen MR) is 90.3 cm³/mol. The number of nitrogens with two attached hydrogens (primary N) is 1.